The Kier molecular flexibility index (Phi) is 5.93. The van der Waals surface area contributed by atoms with Gasteiger partial charge in [0.1, 0.15) is 5.69 Å². The molecule has 0 saturated heterocycles. The molecular formula is C24H25N5O2. The highest BCUT2D eigenvalue weighted by molar-refractivity contribution is 5.99. The van der Waals surface area contributed by atoms with E-state index in [1.54, 1.807) is 17.8 Å². The van der Waals surface area contributed by atoms with Crippen LogP contribution in [0.15, 0.2) is 55.0 Å². The van der Waals surface area contributed by atoms with Crippen molar-refractivity contribution in [3.63, 3.8) is 0 Å². The largest absolute Gasteiger partial charge is 0.361 e. The van der Waals surface area contributed by atoms with Crippen LogP contribution in [-0.4, -0.2) is 38.5 Å². The van der Waals surface area contributed by atoms with Crippen molar-refractivity contribution in [3.8, 4) is 0 Å². The first kappa shape index (κ1) is 20.5. The molecule has 3 aromatic heterocycles. The van der Waals surface area contributed by atoms with Gasteiger partial charge in [-0.05, 0) is 48.2 Å². The molecule has 4 aromatic rings. The van der Waals surface area contributed by atoms with Gasteiger partial charge in [-0.25, -0.2) is 4.98 Å². The molecule has 0 aliphatic carbocycles. The lowest BCUT2D eigenvalue weighted by atomic mass is 10.00. The van der Waals surface area contributed by atoms with Crippen LogP contribution >= 0.6 is 0 Å². The number of fused-ring (bicyclic) bond motifs is 1. The third kappa shape index (κ3) is 4.71. The van der Waals surface area contributed by atoms with Crippen molar-refractivity contribution in [2.24, 2.45) is 7.05 Å². The van der Waals surface area contributed by atoms with Gasteiger partial charge in [-0.3, -0.25) is 14.3 Å². The number of nitrogens with zero attached hydrogens (tertiary/aromatic N) is 3. The third-order valence-electron chi connectivity index (χ3n) is 5.34. The molecule has 0 radical (unpaired) electrons. The molecule has 158 valence electrons. The lowest BCUT2D eigenvalue weighted by Crippen LogP contribution is -2.20. The summed E-state index contributed by atoms with van der Waals surface area (Å²) in [4.78, 5) is 32.9. The van der Waals surface area contributed by atoms with Crippen LogP contribution in [0.1, 0.15) is 50.5 Å². The van der Waals surface area contributed by atoms with Gasteiger partial charge in [-0.2, -0.15) is 5.10 Å². The first-order valence-corrected chi connectivity index (χ1v) is 10.3. The predicted molar refractivity (Wildman–Crippen MR) is 119 cm³/mol. The highest BCUT2D eigenvalue weighted by atomic mass is 16.1. The smallest absolute Gasteiger partial charge is 0.269 e. The van der Waals surface area contributed by atoms with Gasteiger partial charge < -0.3 is 10.3 Å². The van der Waals surface area contributed by atoms with Gasteiger partial charge in [0.15, 0.2) is 5.78 Å². The second-order valence-corrected chi connectivity index (χ2v) is 7.64. The number of hydrogen-bond acceptors (Lipinski definition) is 4. The van der Waals surface area contributed by atoms with Crippen molar-refractivity contribution in [2.45, 2.75) is 25.7 Å². The highest BCUT2D eigenvalue weighted by Crippen LogP contribution is 2.21. The van der Waals surface area contributed by atoms with E-state index < -0.39 is 0 Å². The predicted octanol–water partition coefficient (Wildman–Crippen LogP) is 3.45. The maximum Gasteiger partial charge on any atom is 0.269 e. The Labute approximate surface area is 180 Å². The Morgan fingerprint density at radius 3 is 2.84 bits per heavy atom. The summed E-state index contributed by atoms with van der Waals surface area (Å²) in [6.07, 6.45) is 8.13. The summed E-state index contributed by atoms with van der Waals surface area (Å²) in [6.45, 7) is 0. The van der Waals surface area contributed by atoms with E-state index in [0.29, 0.717) is 24.1 Å². The number of pyridine rings is 1. The van der Waals surface area contributed by atoms with E-state index in [9.17, 15) is 9.59 Å². The number of rotatable bonds is 8. The molecule has 0 aliphatic rings. The molecule has 0 aliphatic heterocycles. The topological polar surface area (TPSA) is 92.7 Å². The summed E-state index contributed by atoms with van der Waals surface area (Å²) >= 11 is 0. The number of H-pyrrole nitrogens is 1. The van der Waals surface area contributed by atoms with Gasteiger partial charge in [0, 0.05) is 61.5 Å². The quantitative estimate of drug-likeness (QED) is 0.431. The number of hydrogen-bond donors (Lipinski definition) is 2. The van der Waals surface area contributed by atoms with Crippen LogP contribution in [0.25, 0.3) is 10.9 Å². The first-order chi connectivity index (χ1) is 15.0. The molecule has 0 unspecified atom stereocenters. The molecule has 7 nitrogen and oxygen atoms in total. The Morgan fingerprint density at radius 2 is 2.06 bits per heavy atom. The summed E-state index contributed by atoms with van der Waals surface area (Å²) in [5, 5.41) is 7.87. The van der Waals surface area contributed by atoms with Crippen LogP contribution in [0.2, 0.25) is 0 Å². The molecule has 3 heterocycles. The summed E-state index contributed by atoms with van der Waals surface area (Å²) in [6, 6.07) is 11.5. The van der Waals surface area contributed by atoms with Crippen molar-refractivity contribution in [1.82, 2.24) is 25.1 Å². The summed E-state index contributed by atoms with van der Waals surface area (Å²) < 4.78 is 1.76. The summed E-state index contributed by atoms with van der Waals surface area (Å²) in [5.41, 5.74) is 4.73. The Morgan fingerprint density at radius 1 is 1.19 bits per heavy atom. The average molecular weight is 415 g/mol. The lowest BCUT2D eigenvalue weighted by Gasteiger charge is -2.09. The fraction of sp³-hybridized carbons (Fsp3) is 0.250. The number of ketones is 1. The number of Topliss-reactive ketones (excluding diaryl/α,β-unsaturated/α-hetero) is 1. The van der Waals surface area contributed by atoms with Gasteiger partial charge in [0.05, 0.1) is 6.20 Å². The zero-order chi connectivity index (χ0) is 21.8. The standard InChI is InChI=1S/C24H25N5O2/c1-25-24(31)22-13-18(23(30)8-3-5-16-14-27-29(2)15-16)12-19(28-22)11-17-6-4-7-21-20(17)9-10-26-21/h4,6-7,9-10,12-15,26H,3,5,8,11H2,1-2H3,(H,25,31). The van der Waals surface area contributed by atoms with Crippen molar-refractivity contribution < 1.29 is 9.59 Å². The number of amides is 1. The van der Waals surface area contributed by atoms with E-state index in [-0.39, 0.29) is 17.4 Å². The van der Waals surface area contributed by atoms with E-state index >= 15 is 0 Å². The molecule has 2 N–H and O–H groups in total. The number of benzene rings is 1. The maximum atomic E-state index is 12.9. The average Bonchev–Trinajstić information content (AvgIpc) is 3.42. The van der Waals surface area contributed by atoms with E-state index in [0.717, 1.165) is 34.9 Å². The molecule has 0 bridgehead atoms. The lowest BCUT2D eigenvalue weighted by molar-refractivity contribution is 0.0958. The molecular weight excluding hydrogens is 390 g/mol. The zero-order valence-electron chi connectivity index (χ0n) is 17.7. The highest BCUT2D eigenvalue weighted by Gasteiger charge is 2.15. The Hall–Kier alpha value is -3.74. The molecule has 7 heteroatoms. The zero-order valence-corrected chi connectivity index (χ0v) is 17.7. The Balaban J connectivity index is 1.56. The normalized spacial score (nSPS) is 11.0. The first-order valence-electron chi connectivity index (χ1n) is 10.3. The van der Waals surface area contributed by atoms with Crippen LogP contribution in [-0.2, 0) is 19.9 Å². The van der Waals surface area contributed by atoms with Crippen molar-refractivity contribution in [1.29, 1.82) is 0 Å². The van der Waals surface area contributed by atoms with Gasteiger partial charge in [-0.15, -0.1) is 0 Å². The van der Waals surface area contributed by atoms with Crippen LogP contribution in [0.4, 0.5) is 0 Å². The number of aromatic amines is 1. The summed E-state index contributed by atoms with van der Waals surface area (Å²) in [7, 11) is 3.44. The number of carbonyl (C=O) groups is 2. The number of carbonyl (C=O) groups excluding carboxylic acids is 2. The number of aromatic nitrogens is 4. The number of nitrogens with one attached hydrogen (secondary N) is 2. The minimum absolute atomic E-state index is 0.0116. The van der Waals surface area contributed by atoms with Crippen LogP contribution in [0.5, 0.6) is 0 Å². The van der Waals surface area contributed by atoms with Crippen LogP contribution < -0.4 is 5.32 Å². The molecule has 0 spiro atoms. The SMILES string of the molecule is CNC(=O)c1cc(C(=O)CCCc2cnn(C)c2)cc(Cc2cccc3[nH]ccc23)n1. The van der Waals surface area contributed by atoms with Crippen molar-refractivity contribution in [2.75, 3.05) is 7.05 Å². The Bertz CT molecular complexity index is 1240. The van der Waals surface area contributed by atoms with E-state index in [4.69, 9.17) is 0 Å². The van der Waals surface area contributed by atoms with Crippen molar-refractivity contribution >= 4 is 22.6 Å². The van der Waals surface area contributed by atoms with Gasteiger partial charge in [-0.1, -0.05) is 12.1 Å². The fourth-order valence-corrected chi connectivity index (χ4v) is 3.78. The molecule has 31 heavy (non-hydrogen) atoms. The molecule has 0 saturated carbocycles. The van der Waals surface area contributed by atoms with Gasteiger partial charge >= 0.3 is 0 Å². The minimum Gasteiger partial charge on any atom is -0.361 e. The fourth-order valence-electron chi connectivity index (χ4n) is 3.78. The summed E-state index contributed by atoms with van der Waals surface area (Å²) in [5.74, 6) is -0.288. The second kappa shape index (κ2) is 8.95. The minimum atomic E-state index is -0.300. The third-order valence-corrected chi connectivity index (χ3v) is 5.34. The molecule has 4 rings (SSSR count). The molecule has 0 fully saturated rings. The van der Waals surface area contributed by atoms with E-state index in [1.165, 1.54) is 0 Å². The van der Waals surface area contributed by atoms with Gasteiger partial charge in [0.25, 0.3) is 5.91 Å². The molecule has 1 aromatic carbocycles. The van der Waals surface area contributed by atoms with E-state index in [1.807, 2.05) is 56.0 Å². The van der Waals surface area contributed by atoms with Crippen molar-refractivity contribution in [3.05, 3.63) is 83.1 Å². The van der Waals surface area contributed by atoms with Crippen LogP contribution in [0, 0.1) is 0 Å². The van der Waals surface area contributed by atoms with Crippen LogP contribution in [0.3, 0.4) is 0 Å². The molecule has 1 amide bonds. The molecule has 0 atom stereocenters. The van der Waals surface area contributed by atoms with E-state index in [2.05, 4.69) is 20.4 Å². The number of aryl methyl sites for hydroxylation is 2. The second-order valence-electron chi connectivity index (χ2n) is 7.64. The maximum absolute atomic E-state index is 12.9. The van der Waals surface area contributed by atoms with Gasteiger partial charge in [0.2, 0.25) is 0 Å². The monoisotopic (exact) mass is 415 g/mol.